The van der Waals surface area contributed by atoms with Crippen LogP contribution < -0.4 is 5.73 Å². The van der Waals surface area contributed by atoms with Gasteiger partial charge in [-0.2, -0.15) is 0 Å². The second-order valence-electron chi connectivity index (χ2n) is 17.8. The van der Waals surface area contributed by atoms with Gasteiger partial charge in [0, 0.05) is 37.5 Å². The highest BCUT2D eigenvalue weighted by molar-refractivity contribution is 5.71. The van der Waals surface area contributed by atoms with E-state index in [0.29, 0.717) is 0 Å². The number of carboxylic acids is 1. The molecule has 18 heteroatoms. The van der Waals surface area contributed by atoms with Gasteiger partial charge in [-0.05, 0) is 46.0 Å². The molecule has 18 nitrogen and oxygen atoms in total. The minimum atomic E-state index is -2.32. The zero-order valence-corrected chi connectivity index (χ0v) is 37.8. The van der Waals surface area contributed by atoms with E-state index in [0.717, 1.165) is 12.8 Å². The van der Waals surface area contributed by atoms with Crippen LogP contribution in [0.15, 0.2) is 72.9 Å². The minimum absolute atomic E-state index is 0.103. The van der Waals surface area contributed by atoms with Crippen LogP contribution in [-0.2, 0) is 28.5 Å². The van der Waals surface area contributed by atoms with Crippen molar-refractivity contribution >= 4 is 11.9 Å². The number of allylic oxidation sites excluding steroid dienone is 10. The number of carboxylic acid groups (broad SMARTS) is 1. The highest BCUT2D eigenvalue weighted by atomic mass is 16.7. The Balaban J connectivity index is 1.84. The number of rotatable bonds is 3. The van der Waals surface area contributed by atoms with Crippen LogP contribution in [0.3, 0.4) is 0 Å². The highest BCUT2D eigenvalue weighted by Crippen LogP contribution is 2.38. The summed E-state index contributed by atoms with van der Waals surface area (Å²) in [5, 5.41) is 118. The second-order valence-corrected chi connectivity index (χ2v) is 17.8. The zero-order valence-electron chi connectivity index (χ0n) is 37.8. The van der Waals surface area contributed by atoms with Gasteiger partial charge in [-0.15, -0.1) is 0 Å². The maximum absolute atomic E-state index is 12.6. The summed E-state index contributed by atoms with van der Waals surface area (Å²) in [6, 6.07) is -1.14. The molecule has 3 heterocycles. The second kappa shape index (κ2) is 27.6. The van der Waals surface area contributed by atoms with Gasteiger partial charge in [0.1, 0.15) is 18.1 Å². The number of nitrogens with two attached hydrogens (primary N) is 1. The summed E-state index contributed by atoms with van der Waals surface area (Å²) in [7, 11) is 0. The van der Waals surface area contributed by atoms with Crippen molar-refractivity contribution in [1.82, 2.24) is 0 Å². The number of cyclic esters (lactones) is 1. The largest absolute Gasteiger partial charge is 0.481 e. The predicted molar refractivity (Wildman–Crippen MR) is 237 cm³/mol. The number of hydrogen-bond donors (Lipinski definition) is 12. The molecule has 0 aromatic carbocycles. The summed E-state index contributed by atoms with van der Waals surface area (Å²) in [5.41, 5.74) is 6.02. The van der Waals surface area contributed by atoms with Gasteiger partial charge in [-0.3, -0.25) is 9.59 Å². The minimum Gasteiger partial charge on any atom is -0.481 e. The number of carbonyl (C=O) groups excluding carboxylic acids is 1. The standard InChI is InChI=1S/C47H75NO17/c1-27-17-15-13-11-9-7-5-6-8-10-12-14-16-18-34(64-46-44(58)41(48)43(57)30(4)63-46)24-38-40(45(59)60)37(54)26-47(61,65-38)25-33(51)22-36(53)35(52)20-19-31(49)21-32(50)23-39(55)62-29(3)28(2)42(27)56/h5-6,8,10-18,27-38,40-44,46,49-54,56-58,61H,7,9,19-26,48H2,1-4H3,(H,59,60)/b6-5+,10-8+,13-11+,14-12+,17-15+,18-16+/t27-,28-,29-,30+,31?,32+,33?,34-,35+,36?,37-,38-,40+,41-,42+,43+,44+,46-,47?/m0/s1. The molecule has 2 saturated heterocycles. The van der Waals surface area contributed by atoms with E-state index in [1.165, 1.54) is 13.0 Å². The molecule has 2 bridgehead atoms. The van der Waals surface area contributed by atoms with Crippen molar-refractivity contribution in [1.29, 1.82) is 0 Å². The van der Waals surface area contributed by atoms with Crippen LogP contribution in [0.4, 0.5) is 0 Å². The molecule has 13 N–H and O–H groups in total. The Hall–Kier alpha value is -3.18. The van der Waals surface area contributed by atoms with Gasteiger partial charge in [-0.1, -0.05) is 86.8 Å². The van der Waals surface area contributed by atoms with Gasteiger partial charge in [0.2, 0.25) is 0 Å². The number of esters is 1. The third kappa shape index (κ3) is 18.8. The summed E-state index contributed by atoms with van der Waals surface area (Å²) >= 11 is 0. The van der Waals surface area contributed by atoms with Crippen LogP contribution in [0, 0.1) is 17.8 Å². The molecular weight excluding hydrogens is 851 g/mol. The predicted octanol–water partition coefficient (Wildman–Crippen LogP) is 0.936. The molecule has 0 spiro atoms. The van der Waals surface area contributed by atoms with E-state index in [9.17, 15) is 65.8 Å². The lowest BCUT2D eigenvalue weighted by molar-refractivity contribution is -0.308. The number of aliphatic hydroxyl groups is 10. The van der Waals surface area contributed by atoms with E-state index in [1.54, 1.807) is 38.2 Å². The molecule has 65 heavy (non-hydrogen) atoms. The number of fused-ring (bicyclic) bond motifs is 2. The average molecular weight is 926 g/mol. The number of hydrogen-bond acceptors (Lipinski definition) is 17. The lowest BCUT2D eigenvalue weighted by atomic mass is 9.82. The summed E-state index contributed by atoms with van der Waals surface area (Å²) in [5.74, 6) is -6.77. The maximum atomic E-state index is 12.6. The Bertz CT molecular complexity index is 1620. The normalized spacial score (nSPS) is 45.2. The molecule has 3 aliphatic heterocycles. The maximum Gasteiger partial charge on any atom is 0.311 e. The fourth-order valence-electron chi connectivity index (χ4n) is 8.13. The van der Waals surface area contributed by atoms with Gasteiger partial charge in [0.15, 0.2) is 12.1 Å². The van der Waals surface area contributed by atoms with E-state index in [4.69, 9.17) is 24.7 Å². The molecule has 19 atom stereocenters. The molecule has 0 radical (unpaired) electrons. The van der Waals surface area contributed by atoms with Crippen LogP contribution in [0.25, 0.3) is 0 Å². The van der Waals surface area contributed by atoms with Crippen molar-refractivity contribution in [2.45, 2.75) is 189 Å². The molecule has 0 aromatic heterocycles. The Morgan fingerprint density at radius 1 is 0.692 bits per heavy atom. The fourth-order valence-corrected chi connectivity index (χ4v) is 8.13. The molecule has 370 valence electrons. The number of ether oxygens (including phenoxy) is 4. The van der Waals surface area contributed by atoms with Crippen LogP contribution in [0.1, 0.15) is 91.9 Å². The third-order valence-electron chi connectivity index (χ3n) is 12.2. The molecule has 0 amide bonds. The first-order valence-electron chi connectivity index (χ1n) is 22.6. The first-order valence-corrected chi connectivity index (χ1v) is 22.6. The molecule has 0 saturated carbocycles. The first kappa shape index (κ1) is 56.1. The quantitative estimate of drug-likeness (QED) is 0.175. The van der Waals surface area contributed by atoms with E-state index < -0.39 is 147 Å². The van der Waals surface area contributed by atoms with Gasteiger partial charge in [-0.25, -0.2) is 0 Å². The van der Waals surface area contributed by atoms with E-state index in [2.05, 4.69) is 0 Å². The van der Waals surface area contributed by atoms with Gasteiger partial charge in [0.05, 0.1) is 79.6 Å². The molecule has 0 aliphatic carbocycles. The molecular formula is C47H75NO17. The monoisotopic (exact) mass is 926 g/mol. The summed E-state index contributed by atoms with van der Waals surface area (Å²) in [6.45, 7) is 6.78. The molecule has 3 rings (SSSR count). The van der Waals surface area contributed by atoms with Crippen molar-refractivity contribution in [3.05, 3.63) is 72.9 Å². The number of aliphatic hydroxyl groups excluding tert-OH is 9. The van der Waals surface area contributed by atoms with Crippen LogP contribution in [-0.4, -0.2) is 166 Å². The Labute approximate surface area is 381 Å². The third-order valence-corrected chi connectivity index (χ3v) is 12.2. The van der Waals surface area contributed by atoms with Crippen LogP contribution in [0.2, 0.25) is 0 Å². The molecule has 3 aliphatic rings. The molecule has 0 aromatic rings. The van der Waals surface area contributed by atoms with Gasteiger partial charge in [0.25, 0.3) is 0 Å². The first-order chi connectivity index (χ1) is 30.6. The van der Waals surface area contributed by atoms with Gasteiger partial charge < -0.3 is 80.9 Å². The van der Waals surface area contributed by atoms with E-state index in [1.807, 2.05) is 49.5 Å². The average Bonchev–Trinajstić information content (AvgIpc) is 3.21. The Morgan fingerprint density at radius 2 is 1.31 bits per heavy atom. The van der Waals surface area contributed by atoms with Gasteiger partial charge >= 0.3 is 11.9 Å². The van der Waals surface area contributed by atoms with Crippen molar-refractivity contribution in [3.8, 4) is 0 Å². The highest BCUT2D eigenvalue weighted by Gasteiger charge is 2.51. The lowest BCUT2D eigenvalue weighted by Crippen LogP contribution is -2.61. The summed E-state index contributed by atoms with van der Waals surface area (Å²) in [4.78, 5) is 25.1. The SMILES string of the molecule is C[C@@H]1[C@H](O)[C@@H](C)/C=C/C=C/CC/C=C/C=C/C=C/C=C/[C@H](O[C@@H]2O[C@H](C)[C@@H](O)[C@H](N)[C@H]2O)C[C@@H]2OC(O)(CC(O)CC(O)[C@H](O)CCC(O)C[C@@H](O)CC(=O)O[C@H]1C)C[C@H](O)[C@H]2C(=O)O. The zero-order chi connectivity index (χ0) is 48.4. The van der Waals surface area contributed by atoms with Crippen molar-refractivity contribution in [3.63, 3.8) is 0 Å². The smallest absolute Gasteiger partial charge is 0.311 e. The van der Waals surface area contributed by atoms with Crippen molar-refractivity contribution in [2.75, 3.05) is 0 Å². The Morgan fingerprint density at radius 3 is 1.97 bits per heavy atom. The fraction of sp³-hybridized carbons (Fsp3) is 0.702. The molecule has 2 fully saturated rings. The lowest BCUT2D eigenvalue weighted by Gasteiger charge is -2.45. The van der Waals surface area contributed by atoms with Crippen molar-refractivity contribution in [2.24, 2.45) is 23.5 Å². The van der Waals surface area contributed by atoms with Crippen LogP contribution in [0.5, 0.6) is 0 Å². The Kier molecular flexibility index (Phi) is 23.8. The summed E-state index contributed by atoms with van der Waals surface area (Å²) in [6.07, 6.45) is 2.26. The van der Waals surface area contributed by atoms with Crippen molar-refractivity contribution < 1.29 is 84.7 Å². The van der Waals surface area contributed by atoms with E-state index >= 15 is 0 Å². The number of aliphatic carboxylic acids is 1. The van der Waals surface area contributed by atoms with E-state index in [-0.39, 0.29) is 31.6 Å². The molecule has 4 unspecified atom stereocenters. The topological polar surface area (TPSA) is 320 Å². The summed E-state index contributed by atoms with van der Waals surface area (Å²) < 4.78 is 23.2. The van der Waals surface area contributed by atoms with Crippen LogP contribution >= 0.6 is 0 Å². The number of carbonyl (C=O) groups is 2.